The summed E-state index contributed by atoms with van der Waals surface area (Å²) in [5.41, 5.74) is 1.40. The van der Waals surface area contributed by atoms with Gasteiger partial charge < -0.3 is 9.63 Å². The first-order valence-corrected chi connectivity index (χ1v) is 6.30. The van der Waals surface area contributed by atoms with E-state index in [0.717, 1.165) is 5.56 Å². The van der Waals surface area contributed by atoms with E-state index in [0.29, 0.717) is 22.8 Å². The molecule has 6 heteroatoms. The number of hydrogen-bond acceptors (Lipinski definition) is 5. The number of phenols is 1. The molecular formula is C14H10ClN3O2. The van der Waals surface area contributed by atoms with E-state index in [1.807, 2.05) is 12.1 Å². The Morgan fingerprint density at radius 1 is 1.25 bits per heavy atom. The highest BCUT2D eigenvalue weighted by Crippen LogP contribution is 2.30. The fourth-order valence-electron chi connectivity index (χ4n) is 1.80. The SMILES string of the molecule is Oc1ccc(Cl)cc1-c1nc(Cc2cccnc2)no1. The molecule has 0 amide bonds. The standard InChI is InChI=1S/C14H10ClN3O2/c15-10-3-4-12(19)11(7-10)14-17-13(18-20-14)6-9-2-1-5-16-8-9/h1-5,7-8,19H,6H2. The van der Waals surface area contributed by atoms with Crippen molar-refractivity contribution in [3.63, 3.8) is 0 Å². The van der Waals surface area contributed by atoms with Crippen LogP contribution in [0, 0.1) is 0 Å². The quantitative estimate of drug-likeness (QED) is 0.801. The lowest BCUT2D eigenvalue weighted by Crippen LogP contribution is -1.91. The second-order valence-electron chi connectivity index (χ2n) is 4.22. The molecule has 2 heterocycles. The molecule has 100 valence electrons. The third kappa shape index (κ3) is 2.62. The van der Waals surface area contributed by atoms with E-state index in [9.17, 15) is 5.11 Å². The molecule has 0 spiro atoms. The van der Waals surface area contributed by atoms with Gasteiger partial charge >= 0.3 is 0 Å². The summed E-state index contributed by atoms with van der Waals surface area (Å²) in [7, 11) is 0. The van der Waals surface area contributed by atoms with Crippen LogP contribution in [0.4, 0.5) is 0 Å². The highest BCUT2D eigenvalue weighted by Gasteiger charge is 2.13. The monoisotopic (exact) mass is 287 g/mol. The maximum Gasteiger partial charge on any atom is 0.261 e. The van der Waals surface area contributed by atoms with E-state index in [4.69, 9.17) is 16.1 Å². The number of phenolic OH excluding ortho intramolecular Hbond substituents is 1. The molecule has 0 aliphatic carbocycles. The van der Waals surface area contributed by atoms with Gasteiger partial charge in [-0.1, -0.05) is 22.8 Å². The third-order valence-electron chi connectivity index (χ3n) is 2.74. The first-order valence-electron chi connectivity index (χ1n) is 5.93. The van der Waals surface area contributed by atoms with Gasteiger partial charge in [-0.25, -0.2) is 0 Å². The van der Waals surface area contributed by atoms with Crippen LogP contribution in [0.3, 0.4) is 0 Å². The number of aromatic hydroxyl groups is 1. The lowest BCUT2D eigenvalue weighted by atomic mass is 10.2. The highest BCUT2D eigenvalue weighted by molar-refractivity contribution is 6.30. The summed E-state index contributed by atoms with van der Waals surface area (Å²) < 4.78 is 5.16. The number of nitrogens with zero attached hydrogens (tertiary/aromatic N) is 3. The lowest BCUT2D eigenvalue weighted by Gasteiger charge is -1.99. The van der Waals surface area contributed by atoms with Crippen LogP contribution in [-0.4, -0.2) is 20.2 Å². The van der Waals surface area contributed by atoms with Crippen LogP contribution >= 0.6 is 11.6 Å². The molecule has 0 aliphatic rings. The molecule has 0 saturated carbocycles. The van der Waals surface area contributed by atoms with Gasteiger partial charge in [-0.15, -0.1) is 0 Å². The summed E-state index contributed by atoms with van der Waals surface area (Å²) in [6.07, 6.45) is 3.96. The summed E-state index contributed by atoms with van der Waals surface area (Å²) in [4.78, 5) is 8.28. The van der Waals surface area contributed by atoms with Crippen molar-refractivity contribution in [3.05, 3.63) is 59.1 Å². The van der Waals surface area contributed by atoms with Gasteiger partial charge in [-0.2, -0.15) is 4.98 Å². The smallest absolute Gasteiger partial charge is 0.261 e. The minimum atomic E-state index is 0.0472. The van der Waals surface area contributed by atoms with E-state index in [1.54, 1.807) is 24.5 Å². The van der Waals surface area contributed by atoms with Crippen LogP contribution in [-0.2, 0) is 6.42 Å². The van der Waals surface area contributed by atoms with Crippen LogP contribution in [0.2, 0.25) is 5.02 Å². The Morgan fingerprint density at radius 2 is 2.15 bits per heavy atom. The largest absolute Gasteiger partial charge is 0.507 e. The topological polar surface area (TPSA) is 72.0 Å². The zero-order valence-electron chi connectivity index (χ0n) is 10.3. The van der Waals surface area contributed by atoms with Crippen LogP contribution in [0.15, 0.2) is 47.2 Å². The third-order valence-corrected chi connectivity index (χ3v) is 2.98. The average molecular weight is 288 g/mol. The summed E-state index contributed by atoms with van der Waals surface area (Å²) in [5.74, 6) is 0.808. The molecule has 1 N–H and O–H groups in total. The summed E-state index contributed by atoms with van der Waals surface area (Å²) in [6.45, 7) is 0. The van der Waals surface area contributed by atoms with Gasteiger partial charge in [0.1, 0.15) is 5.75 Å². The maximum absolute atomic E-state index is 9.79. The fourth-order valence-corrected chi connectivity index (χ4v) is 1.97. The maximum atomic E-state index is 9.79. The molecule has 0 saturated heterocycles. The molecule has 0 unspecified atom stereocenters. The lowest BCUT2D eigenvalue weighted by molar-refractivity contribution is 0.418. The summed E-state index contributed by atoms with van der Waals surface area (Å²) >= 11 is 5.89. The van der Waals surface area contributed by atoms with Gasteiger partial charge in [0.05, 0.1) is 5.56 Å². The molecule has 0 aliphatic heterocycles. The number of rotatable bonds is 3. The van der Waals surface area contributed by atoms with Crippen molar-refractivity contribution in [2.75, 3.05) is 0 Å². The first kappa shape index (κ1) is 12.6. The molecule has 3 aromatic rings. The number of aromatic nitrogens is 3. The zero-order chi connectivity index (χ0) is 13.9. The van der Waals surface area contributed by atoms with E-state index in [-0.39, 0.29) is 11.6 Å². The zero-order valence-corrected chi connectivity index (χ0v) is 11.1. The molecule has 5 nitrogen and oxygen atoms in total. The van der Waals surface area contributed by atoms with Crippen molar-refractivity contribution in [3.8, 4) is 17.2 Å². The molecule has 0 radical (unpaired) electrons. The molecule has 0 atom stereocenters. The second-order valence-corrected chi connectivity index (χ2v) is 4.65. The Hall–Kier alpha value is -2.40. The minimum absolute atomic E-state index is 0.0472. The van der Waals surface area contributed by atoms with Gasteiger partial charge in [0, 0.05) is 23.8 Å². The van der Waals surface area contributed by atoms with Crippen molar-refractivity contribution >= 4 is 11.6 Å². The average Bonchev–Trinajstić information content (AvgIpc) is 2.91. The molecule has 1 aromatic carbocycles. The highest BCUT2D eigenvalue weighted by atomic mass is 35.5. The van der Waals surface area contributed by atoms with E-state index in [1.165, 1.54) is 6.07 Å². The van der Waals surface area contributed by atoms with Crippen molar-refractivity contribution in [1.29, 1.82) is 0 Å². The fraction of sp³-hybridized carbons (Fsp3) is 0.0714. The van der Waals surface area contributed by atoms with Crippen LogP contribution < -0.4 is 0 Å². The van der Waals surface area contributed by atoms with Gasteiger partial charge in [0.2, 0.25) is 0 Å². The van der Waals surface area contributed by atoms with E-state index in [2.05, 4.69) is 15.1 Å². The molecule has 20 heavy (non-hydrogen) atoms. The Balaban J connectivity index is 1.88. The number of halogens is 1. The van der Waals surface area contributed by atoms with Crippen molar-refractivity contribution < 1.29 is 9.63 Å². The molecular weight excluding hydrogens is 278 g/mol. The van der Waals surface area contributed by atoms with Gasteiger partial charge in [0.15, 0.2) is 5.82 Å². The van der Waals surface area contributed by atoms with Gasteiger partial charge in [-0.05, 0) is 29.8 Å². The number of hydrogen-bond donors (Lipinski definition) is 1. The van der Waals surface area contributed by atoms with Crippen LogP contribution in [0.5, 0.6) is 5.75 Å². The Morgan fingerprint density at radius 3 is 2.95 bits per heavy atom. The number of pyridine rings is 1. The van der Waals surface area contributed by atoms with Crippen molar-refractivity contribution in [2.45, 2.75) is 6.42 Å². The Kier molecular flexibility index (Phi) is 3.35. The first-order chi connectivity index (χ1) is 9.72. The summed E-state index contributed by atoms with van der Waals surface area (Å²) in [6, 6.07) is 8.44. The Bertz CT molecular complexity index is 728. The predicted molar refractivity (Wildman–Crippen MR) is 73.5 cm³/mol. The Labute approximate surface area is 119 Å². The molecule has 2 aromatic heterocycles. The second kappa shape index (κ2) is 5.30. The molecule has 3 rings (SSSR count). The van der Waals surface area contributed by atoms with Crippen LogP contribution in [0.25, 0.3) is 11.5 Å². The van der Waals surface area contributed by atoms with Gasteiger partial charge in [-0.3, -0.25) is 4.98 Å². The van der Waals surface area contributed by atoms with Gasteiger partial charge in [0.25, 0.3) is 5.89 Å². The van der Waals surface area contributed by atoms with E-state index >= 15 is 0 Å². The summed E-state index contributed by atoms with van der Waals surface area (Å²) in [5, 5.41) is 14.2. The number of benzene rings is 1. The predicted octanol–water partition coefficient (Wildman–Crippen LogP) is 3.08. The normalized spacial score (nSPS) is 10.7. The van der Waals surface area contributed by atoms with Crippen LogP contribution in [0.1, 0.15) is 11.4 Å². The molecule has 0 fully saturated rings. The minimum Gasteiger partial charge on any atom is -0.507 e. The van der Waals surface area contributed by atoms with Crippen molar-refractivity contribution in [1.82, 2.24) is 15.1 Å². The van der Waals surface area contributed by atoms with Crippen molar-refractivity contribution in [2.24, 2.45) is 0 Å². The molecule has 0 bridgehead atoms. The van der Waals surface area contributed by atoms with E-state index < -0.39 is 0 Å².